The molecule has 114 valence electrons. The van der Waals surface area contributed by atoms with E-state index in [2.05, 4.69) is 24.0 Å². The molecule has 0 radical (unpaired) electrons. The molecule has 4 nitrogen and oxygen atoms in total. The lowest BCUT2D eigenvalue weighted by Gasteiger charge is -2.28. The monoisotopic (exact) mass is 280 g/mol. The quantitative estimate of drug-likeness (QED) is 0.667. The third kappa shape index (κ3) is 6.37. The van der Waals surface area contributed by atoms with Gasteiger partial charge in [0, 0.05) is 32.5 Å². The summed E-state index contributed by atoms with van der Waals surface area (Å²) in [6, 6.07) is 8.54. The summed E-state index contributed by atoms with van der Waals surface area (Å²) in [5.41, 5.74) is 7.94. The molecule has 1 aromatic rings. The van der Waals surface area contributed by atoms with Crippen molar-refractivity contribution in [3.63, 3.8) is 0 Å². The number of nitrogens with two attached hydrogens (primary N) is 1. The number of anilines is 1. The minimum atomic E-state index is 0.413. The maximum atomic E-state index is 5.80. The summed E-state index contributed by atoms with van der Waals surface area (Å²) in [7, 11) is 3.49. The number of ether oxygens (including phenoxy) is 2. The molecule has 0 spiro atoms. The summed E-state index contributed by atoms with van der Waals surface area (Å²) in [6.45, 7) is 5.69. The molecule has 0 aliphatic heterocycles. The summed E-state index contributed by atoms with van der Waals surface area (Å²) in [5, 5.41) is 0. The average molecular weight is 280 g/mol. The lowest BCUT2D eigenvalue weighted by molar-refractivity contribution is 0.0744. The molecule has 2 N–H and O–H groups in total. The molecule has 0 aliphatic carbocycles. The van der Waals surface area contributed by atoms with Crippen LogP contribution >= 0.6 is 0 Å². The molecule has 0 aromatic heterocycles. The van der Waals surface area contributed by atoms with Gasteiger partial charge < -0.3 is 15.2 Å². The second-order valence-electron chi connectivity index (χ2n) is 5.18. The fourth-order valence-electron chi connectivity index (χ4n) is 2.34. The maximum Gasteiger partial charge on any atom is 0.0615 e. The first-order valence-electron chi connectivity index (χ1n) is 7.23. The highest BCUT2D eigenvalue weighted by Crippen LogP contribution is 2.10. The molecular weight excluding hydrogens is 252 g/mol. The Morgan fingerprint density at radius 2 is 2.00 bits per heavy atom. The average Bonchev–Trinajstić information content (AvgIpc) is 2.43. The van der Waals surface area contributed by atoms with E-state index < -0.39 is 0 Å². The number of methoxy groups -OCH3 is 2. The highest BCUT2D eigenvalue weighted by molar-refractivity contribution is 5.40. The molecule has 0 heterocycles. The van der Waals surface area contributed by atoms with Crippen LogP contribution in [0, 0.1) is 0 Å². The van der Waals surface area contributed by atoms with Gasteiger partial charge in [-0.2, -0.15) is 0 Å². The molecule has 0 fully saturated rings. The van der Waals surface area contributed by atoms with Crippen LogP contribution in [0.1, 0.15) is 18.9 Å². The summed E-state index contributed by atoms with van der Waals surface area (Å²) in [5.74, 6) is 0. The zero-order valence-corrected chi connectivity index (χ0v) is 13.0. The van der Waals surface area contributed by atoms with Crippen LogP contribution in [0.15, 0.2) is 24.3 Å². The van der Waals surface area contributed by atoms with Gasteiger partial charge in [0.25, 0.3) is 0 Å². The van der Waals surface area contributed by atoms with Crippen LogP contribution in [0.3, 0.4) is 0 Å². The molecule has 1 atom stereocenters. The SMILES string of the molecule is COCCN(CCCc1cccc(N)c1)C(C)COC. The van der Waals surface area contributed by atoms with Gasteiger partial charge in [-0.25, -0.2) is 0 Å². The molecule has 1 aromatic carbocycles. The van der Waals surface area contributed by atoms with Crippen molar-refractivity contribution in [3.8, 4) is 0 Å². The number of benzene rings is 1. The smallest absolute Gasteiger partial charge is 0.0615 e. The van der Waals surface area contributed by atoms with Gasteiger partial charge >= 0.3 is 0 Å². The van der Waals surface area contributed by atoms with Crippen molar-refractivity contribution in [2.75, 3.05) is 46.3 Å². The summed E-state index contributed by atoms with van der Waals surface area (Å²) < 4.78 is 10.4. The molecule has 0 amide bonds. The van der Waals surface area contributed by atoms with Crippen molar-refractivity contribution in [1.29, 1.82) is 0 Å². The van der Waals surface area contributed by atoms with E-state index in [0.29, 0.717) is 6.04 Å². The molecule has 0 aliphatic rings. The van der Waals surface area contributed by atoms with Crippen molar-refractivity contribution in [1.82, 2.24) is 4.90 Å². The summed E-state index contributed by atoms with van der Waals surface area (Å²) in [6.07, 6.45) is 2.16. The Morgan fingerprint density at radius 1 is 1.20 bits per heavy atom. The highest BCUT2D eigenvalue weighted by Gasteiger charge is 2.12. The Kier molecular flexibility index (Phi) is 8.26. The van der Waals surface area contributed by atoms with Crippen LogP contribution in [0.2, 0.25) is 0 Å². The van der Waals surface area contributed by atoms with Gasteiger partial charge in [0.05, 0.1) is 13.2 Å². The van der Waals surface area contributed by atoms with Gasteiger partial charge in [-0.3, -0.25) is 4.90 Å². The van der Waals surface area contributed by atoms with Crippen molar-refractivity contribution >= 4 is 5.69 Å². The first kappa shape index (κ1) is 17.0. The van der Waals surface area contributed by atoms with Crippen LogP contribution in [0.25, 0.3) is 0 Å². The van der Waals surface area contributed by atoms with Crippen LogP contribution in [0.4, 0.5) is 5.69 Å². The minimum absolute atomic E-state index is 0.413. The lowest BCUT2D eigenvalue weighted by Crippen LogP contribution is -2.39. The molecule has 0 saturated carbocycles. The van der Waals surface area contributed by atoms with Crippen molar-refractivity contribution in [2.45, 2.75) is 25.8 Å². The molecular formula is C16H28N2O2. The van der Waals surface area contributed by atoms with Gasteiger partial charge in [0.2, 0.25) is 0 Å². The molecule has 4 heteroatoms. The van der Waals surface area contributed by atoms with Gasteiger partial charge in [0.15, 0.2) is 0 Å². The zero-order valence-electron chi connectivity index (χ0n) is 13.0. The zero-order chi connectivity index (χ0) is 14.8. The largest absolute Gasteiger partial charge is 0.399 e. The molecule has 0 bridgehead atoms. The van der Waals surface area contributed by atoms with E-state index in [0.717, 1.165) is 44.8 Å². The van der Waals surface area contributed by atoms with Crippen LogP contribution < -0.4 is 5.73 Å². The third-order valence-electron chi connectivity index (χ3n) is 3.48. The van der Waals surface area contributed by atoms with Gasteiger partial charge in [0.1, 0.15) is 0 Å². The normalized spacial score (nSPS) is 12.8. The number of hydrogen-bond donors (Lipinski definition) is 1. The predicted octanol–water partition coefficient (Wildman–Crippen LogP) is 2.18. The van der Waals surface area contributed by atoms with Gasteiger partial charge in [-0.15, -0.1) is 0 Å². The Morgan fingerprint density at radius 3 is 2.65 bits per heavy atom. The fourth-order valence-corrected chi connectivity index (χ4v) is 2.34. The Hall–Kier alpha value is -1.10. The van der Waals surface area contributed by atoms with Crippen LogP contribution in [0.5, 0.6) is 0 Å². The third-order valence-corrected chi connectivity index (χ3v) is 3.48. The topological polar surface area (TPSA) is 47.7 Å². The van der Waals surface area contributed by atoms with Crippen molar-refractivity contribution in [2.24, 2.45) is 0 Å². The van der Waals surface area contributed by atoms with E-state index in [4.69, 9.17) is 15.2 Å². The molecule has 1 rings (SSSR count). The molecule has 1 unspecified atom stereocenters. The van der Waals surface area contributed by atoms with Crippen molar-refractivity contribution in [3.05, 3.63) is 29.8 Å². The van der Waals surface area contributed by atoms with Gasteiger partial charge in [-0.1, -0.05) is 12.1 Å². The number of nitrogens with zero attached hydrogens (tertiary/aromatic N) is 1. The van der Waals surface area contributed by atoms with E-state index in [-0.39, 0.29) is 0 Å². The second kappa shape index (κ2) is 9.75. The Balaban J connectivity index is 2.40. The Bertz CT molecular complexity index is 371. The van der Waals surface area contributed by atoms with Crippen LogP contribution in [-0.2, 0) is 15.9 Å². The van der Waals surface area contributed by atoms with E-state index in [1.54, 1.807) is 14.2 Å². The molecule has 20 heavy (non-hydrogen) atoms. The summed E-state index contributed by atoms with van der Waals surface area (Å²) in [4.78, 5) is 2.42. The summed E-state index contributed by atoms with van der Waals surface area (Å²) >= 11 is 0. The number of nitrogen functional groups attached to an aromatic ring is 1. The minimum Gasteiger partial charge on any atom is -0.399 e. The first-order chi connectivity index (χ1) is 9.67. The number of hydrogen-bond acceptors (Lipinski definition) is 4. The van der Waals surface area contributed by atoms with Gasteiger partial charge in [-0.05, 0) is 44.0 Å². The lowest BCUT2D eigenvalue weighted by atomic mass is 10.1. The number of aryl methyl sites for hydroxylation is 1. The van der Waals surface area contributed by atoms with Crippen LogP contribution in [-0.4, -0.2) is 51.5 Å². The number of rotatable bonds is 10. The fraction of sp³-hybridized carbons (Fsp3) is 0.625. The van der Waals surface area contributed by atoms with E-state index in [9.17, 15) is 0 Å². The van der Waals surface area contributed by atoms with Crippen molar-refractivity contribution < 1.29 is 9.47 Å². The van der Waals surface area contributed by atoms with E-state index >= 15 is 0 Å². The maximum absolute atomic E-state index is 5.80. The predicted molar refractivity (Wildman–Crippen MR) is 84.0 cm³/mol. The highest BCUT2D eigenvalue weighted by atomic mass is 16.5. The first-order valence-corrected chi connectivity index (χ1v) is 7.23. The molecule has 0 saturated heterocycles. The Labute approximate surface area is 122 Å². The van der Waals surface area contributed by atoms with E-state index in [1.165, 1.54) is 5.56 Å². The van der Waals surface area contributed by atoms with E-state index in [1.807, 2.05) is 12.1 Å². The standard InChI is InChI=1S/C16H28N2O2/c1-14(13-20-3)18(10-11-19-2)9-5-7-15-6-4-8-16(17)12-15/h4,6,8,12,14H,5,7,9-11,13,17H2,1-3H3. The second-order valence-corrected chi connectivity index (χ2v) is 5.18.